The van der Waals surface area contributed by atoms with E-state index in [1.807, 2.05) is 29.2 Å². The Kier molecular flexibility index (Phi) is 2.76. The van der Waals surface area contributed by atoms with Crippen LogP contribution in [0, 0.1) is 0 Å². The maximum atomic E-state index is 5.67. The number of para-hydroxylation sites is 2. The summed E-state index contributed by atoms with van der Waals surface area (Å²) in [5.74, 6) is 1.92. The molecule has 0 fully saturated rings. The van der Waals surface area contributed by atoms with E-state index in [1.165, 1.54) is 6.07 Å². The van der Waals surface area contributed by atoms with Gasteiger partial charge in [-0.2, -0.15) is 0 Å². The fourth-order valence-corrected chi connectivity index (χ4v) is 2.11. The second kappa shape index (κ2) is 4.58. The maximum absolute atomic E-state index is 5.67. The Morgan fingerprint density at radius 3 is 2.55 bits per heavy atom. The first-order valence-corrected chi connectivity index (χ1v) is 6.07. The molecule has 1 aromatic heterocycles. The number of hydrogen-bond donors (Lipinski definition) is 3. The first kappa shape index (κ1) is 12.0. The Labute approximate surface area is 116 Å². The van der Waals surface area contributed by atoms with Crippen molar-refractivity contribution in [1.82, 2.24) is 9.97 Å². The zero-order valence-electron chi connectivity index (χ0n) is 10.7. The van der Waals surface area contributed by atoms with E-state index in [0.717, 1.165) is 17.2 Å². The average Bonchev–Trinajstić information content (AvgIpc) is 2.74. The van der Waals surface area contributed by atoms with E-state index in [0.29, 0.717) is 17.5 Å². The molecule has 1 aliphatic rings. The second-order valence-electron chi connectivity index (χ2n) is 4.30. The predicted octanol–water partition coefficient (Wildman–Crippen LogP) is 2.01. The van der Waals surface area contributed by atoms with Crippen LogP contribution in [0.1, 0.15) is 5.82 Å². The highest BCUT2D eigenvalue weighted by Gasteiger charge is 2.21. The number of hydrogen-bond acceptors (Lipinski definition) is 6. The van der Waals surface area contributed by atoms with Gasteiger partial charge in [0.2, 0.25) is 0 Å². The molecule has 0 saturated heterocycles. The monoisotopic (exact) mass is 266 g/mol. The van der Waals surface area contributed by atoms with Crippen molar-refractivity contribution in [3.63, 3.8) is 0 Å². The Balaban J connectivity index is 2.03. The molecule has 0 bridgehead atoms. The Hall–Kier alpha value is -3.02. The van der Waals surface area contributed by atoms with Crippen molar-refractivity contribution in [3.05, 3.63) is 54.8 Å². The van der Waals surface area contributed by atoms with Gasteiger partial charge in [0.25, 0.3) is 0 Å². The van der Waals surface area contributed by atoms with Gasteiger partial charge in [0.15, 0.2) is 5.82 Å². The summed E-state index contributed by atoms with van der Waals surface area (Å²) in [6.45, 7) is 3.82. The summed E-state index contributed by atoms with van der Waals surface area (Å²) >= 11 is 0. The highest BCUT2D eigenvalue weighted by Crippen LogP contribution is 2.36. The Morgan fingerprint density at radius 1 is 1.15 bits per heavy atom. The third kappa shape index (κ3) is 2.03. The number of rotatable bonds is 2. The normalized spacial score (nSPS) is 15.0. The van der Waals surface area contributed by atoms with Crippen LogP contribution < -0.4 is 21.7 Å². The molecule has 5 N–H and O–H groups in total. The van der Waals surface area contributed by atoms with Crippen molar-refractivity contribution in [2.75, 3.05) is 21.7 Å². The minimum atomic E-state index is 0.338. The standard InChI is InChI=1S/C14H14N6/c1-2-20-10-6-4-3-5-9(10)17-14(20)8-13-18-11(15)7-12(16)19-13/h2-8,17H,1H2,(H4,15,16,18,19)/b14-8+. The predicted molar refractivity (Wildman–Crippen MR) is 81.6 cm³/mol. The molecule has 0 atom stereocenters. The van der Waals surface area contributed by atoms with Gasteiger partial charge in [0.1, 0.15) is 17.5 Å². The number of anilines is 4. The van der Waals surface area contributed by atoms with Crippen molar-refractivity contribution in [1.29, 1.82) is 0 Å². The van der Waals surface area contributed by atoms with Gasteiger partial charge in [0.05, 0.1) is 11.4 Å². The number of nitrogens with zero attached hydrogens (tertiary/aromatic N) is 3. The number of aromatic nitrogens is 2. The molecule has 100 valence electrons. The van der Waals surface area contributed by atoms with Gasteiger partial charge in [0, 0.05) is 18.3 Å². The molecule has 0 aliphatic carbocycles. The molecular weight excluding hydrogens is 252 g/mol. The minimum absolute atomic E-state index is 0.338. The smallest absolute Gasteiger partial charge is 0.160 e. The molecule has 2 aromatic rings. The SMILES string of the molecule is C=CN1/C(=C/c2nc(N)cc(N)n2)Nc2ccccc21. The van der Waals surface area contributed by atoms with E-state index in [9.17, 15) is 0 Å². The molecule has 20 heavy (non-hydrogen) atoms. The fraction of sp³-hybridized carbons (Fsp3) is 0. The average molecular weight is 266 g/mol. The first-order chi connectivity index (χ1) is 9.67. The van der Waals surface area contributed by atoms with Crippen LogP contribution in [-0.2, 0) is 0 Å². The summed E-state index contributed by atoms with van der Waals surface area (Å²) in [5, 5.41) is 3.28. The number of fused-ring (bicyclic) bond motifs is 1. The van der Waals surface area contributed by atoms with E-state index in [-0.39, 0.29) is 0 Å². The van der Waals surface area contributed by atoms with Gasteiger partial charge in [-0.05, 0) is 12.1 Å². The zero-order valence-corrected chi connectivity index (χ0v) is 10.7. The molecule has 3 rings (SSSR count). The molecule has 0 radical (unpaired) electrons. The molecule has 0 amide bonds. The molecule has 1 aromatic carbocycles. The summed E-state index contributed by atoms with van der Waals surface area (Å²) < 4.78 is 0. The lowest BCUT2D eigenvalue weighted by atomic mass is 10.3. The Morgan fingerprint density at radius 2 is 1.85 bits per heavy atom. The van der Waals surface area contributed by atoms with Crippen LogP contribution in [0.25, 0.3) is 6.08 Å². The van der Waals surface area contributed by atoms with Crippen LogP contribution >= 0.6 is 0 Å². The van der Waals surface area contributed by atoms with Crippen molar-refractivity contribution in [3.8, 4) is 0 Å². The van der Waals surface area contributed by atoms with Crippen LogP contribution in [-0.4, -0.2) is 9.97 Å². The lowest BCUT2D eigenvalue weighted by molar-refractivity contribution is 1.14. The third-order valence-electron chi connectivity index (χ3n) is 2.92. The number of nitrogens with two attached hydrogens (primary N) is 2. The van der Waals surface area contributed by atoms with Gasteiger partial charge in [-0.1, -0.05) is 18.7 Å². The second-order valence-corrected chi connectivity index (χ2v) is 4.30. The molecule has 0 unspecified atom stereocenters. The van der Waals surface area contributed by atoms with Gasteiger partial charge in [-0.15, -0.1) is 0 Å². The summed E-state index contributed by atoms with van der Waals surface area (Å²) in [6, 6.07) is 9.44. The lowest BCUT2D eigenvalue weighted by Gasteiger charge is -2.13. The van der Waals surface area contributed by atoms with Gasteiger partial charge in [-0.25, -0.2) is 9.97 Å². The summed E-state index contributed by atoms with van der Waals surface area (Å²) in [6.07, 6.45) is 3.49. The molecule has 6 heteroatoms. The van der Waals surface area contributed by atoms with Crippen molar-refractivity contribution < 1.29 is 0 Å². The Bertz CT molecular complexity index is 686. The maximum Gasteiger partial charge on any atom is 0.160 e. The number of nitrogen functional groups attached to an aromatic ring is 2. The summed E-state index contributed by atoms with van der Waals surface area (Å²) in [5.41, 5.74) is 13.4. The van der Waals surface area contributed by atoms with E-state index < -0.39 is 0 Å². The van der Waals surface area contributed by atoms with Crippen molar-refractivity contribution in [2.24, 2.45) is 0 Å². The molecule has 0 spiro atoms. The number of nitrogens with one attached hydrogen (secondary N) is 1. The third-order valence-corrected chi connectivity index (χ3v) is 2.92. The van der Waals surface area contributed by atoms with E-state index in [1.54, 1.807) is 12.3 Å². The van der Waals surface area contributed by atoms with E-state index in [2.05, 4.69) is 21.9 Å². The van der Waals surface area contributed by atoms with Gasteiger partial charge < -0.3 is 21.7 Å². The van der Waals surface area contributed by atoms with Crippen molar-refractivity contribution >= 4 is 29.1 Å². The largest absolute Gasteiger partial charge is 0.384 e. The van der Waals surface area contributed by atoms with Gasteiger partial charge >= 0.3 is 0 Å². The zero-order chi connectivity index (χ0) is 14.1. The highest BCUT2D eigenvalue weighted by atomic mass is 15.3. The minimum Gasteiger partial charge on any atom is -0.384 e. The van der Waals surface area contributed by atoms with Crippen LogP contribution in [0.15, 0.2) is 48.9 Å². The van der Waals surface area contributed by atoms with Crippen LogP contribution in [0.3, 0.4) is 0 Å². The molecule has 2 heterocycles. The molecular formula is C14H14N6. The lowest BCUT2D eigenvalue weighted by Crippen LogP contribution is -2.13. The van der Waals surface area contributed by atoms with Crippen molar-refractivity contribution in [2.45, 2.75) is 0 Å². The summed E-state index contributed by atoms with van der Waals surface area (Å²) in [4.78, 5) is 10.2. The molecule has 0 saturated carbocycles. The summed E-state index contributed by atoms with van der Waals surface area (Å²) in [7, 11) is 0. The first-order valence-electron chi connectivity index (χ1n) is 6.07. The highest BCUT2D eigenvalue weighted by molar-refractivity contribution is 5.84. The van der Waals surface area contributed by atoms with Gasteiger partial charge in [-0.3, -0.25) is 0 Å². The fourth-order valence-electron chi connectivity index (χ4n) is 2.11. The van der Waals surface area contributed by atoms with Crippen LogP contribution in [0.2, 0.25) is 0 Å². The van der Waals surface area contributed by atoms with Crippen LogP contribution in [0.4, 0.5) is 23.0 Å². The van der Waals surface area contributed by atoms with E-state index in [4.69, 9.17) is 11.5 Å². The van der Waals surface area contributed by atoms with E-state index >= 15 is 0 Å². The molecule has 6 nitrogen and oxygen atoms in total. The quantitative estimate of drug-likeness (QED) is 0.770. The topological polar surface area (TPSA) is 93.1 Å². The number of benzene rings is 1. The van der Waals surface area contributed by atoms with Crippen LogP contribution in [0.5, 0.6) is 0 Å². The molecule has 1 aliphatic heterocycles.